The third-order valence-corrected chi connectivity index (χ3v) is 5.57. The fourth-order valence-corrected chi connectivity index (χ4v) is 3.90. The van der Waals surface area contributed by atoms with Crippen LogP contribution < -0.4 is 10.1 Å². The number of carbonyl (C=O) groups excluding carboxylic acids is 1. The molecule has 1 aliphatic carbocycles. The molecule has 1 saturated carbocycles. The highest BCUT2D eigenvalue weighted by Gasteiger charge is 2.15. The summed E-state index contributed by atoms with van der Waals surface area (Å²) in [6, 6.07) is 9.09. The molecule has 1 amide bonds. The number of aromatic nitrogens is 4. The molecule has 0 aliphatic heterocycles. The lowest BCUT2D eigenvalue weighted by Crippen LogP contribution is -2.14. The van der Waals surface area contributed by atoms with Crippen molar-refractivity contribution in [3.8, 4) is 17.4 Å². The standard InChI is InChI=1S/C23H27N5O2/c1-17-24-13-14-28(17)21-15-23(26-16-25-21)30-20-10-8-19(9-11-20)27-22(29)12-7-18-5-3-2-4-6-18/h8-11,13-16,18H,2-7,12H2,1H3,(H,27,29). The van der Waals surface area contributed by atoms with Crippen LogP contribution in [0.3, 0.4) is 0 Å². The highest BCUT2D eigenvalue weighted by molar-refractivity contribution is 5.90. The second-order valence-electron chi connectivity index (χ2n) is 7.78. The Kier molecular flexibility index (Phi) is 6.37. The van der Waals surface area contributed by atoms with Crippen LogP contribution in [0.2, 0.25) is 0 Å². The van der Waals surface area contributed by atoms with Crippen LogP contribution in [0.25, 0.3) is 5.82 Å². The maximum absolute atomic E-state index is 12.2. The third kappa shape index (κ3) is 5.23. The topological polar surface area (TPSA) is 81.9 Å². The minimum atomic E-state index is 0.0744. The first-order valence-corrected chi connectivity index (χ1v) is 10.6. The predicted molar refractivity (Wildman–Crippen MR) is 115 cm³/mol. The van der Waals surface area contributed by atoms with Crippen molar-refractivity contribution in [3.63, 3.8) is 0 Å². The van der Waals surface area contributed by atoms with E-state index in [4.69, 9.17) is 4.74 Å². The number of amides is 1. The maximum Gasteiger partial charge on any atom is 0.224 e. The van der Waals surface area contributed by atoms with E-state index in [1.54, 1.807) is 12.3 Å². The van der Waals surface area contributed by atoms with Crippen molar-refractivity contribution in [1.29, 1.82) is 0 Å². The van der Waals surface area contributed by atoms with E-state index in [0.29, 0.717) is 29.8 Å². The van der Waals surface area contributed by atoms with E-state index in [0.717, 1.165) is 17.9 Å². The zero-order chi connectivity index (χ0) is 20.8. The van der Waals surface area contributed by atoms with Crippen LogP contribution in [0, 0.1) is 12.8 Å². The number of nitrogens with zero attached hydrogens (tertiary/aromatic N) is 4. The van der Waals surface area contributed by atoms with Gasteiger partial charge in [0.1, 0.15) is 23.7 Å². The van der Waals surface area contributed by atoms with Gasteiger partial charge in [0.2, 0.25) is 11.8 Å². The molecule has 1 fully saturated rings. The Balaban J connectivity index is 1.31. The van der Waals surface area contributed by atoms with E-state index < -0.39 is 0 Å². The number of hydrogen-bond acceptors (Lipinski definition) is 5. The molecular formula is C23H27N5O2. The quantitative estimate of drug-likeness (QED) is 0.594. The van der Waals surface area contributed by atoms with Crippen molar-refractivity contribution in [2.24, 2.45) is 5.92 Å². The Morgan fingerprint density at radius 2 is 1.93 bits per heavy atom. The van der Waals surface area contributed by atoms with Crippen molar-refractivity contribution in [3.05, 3.63) is 54.9 Å². The van der Waals surface area contributed by atoms with Crippen LogP contribution in [0.1, 0.15) is 50.8 Å². The summed E-state index contributed by atoms with van der Waals surface area (Å²) in [5, 5.41) is 2.98. The summed E-state index contributed by atoms with van der Waals surface area (Å²) >= 11 is 0. The molecule has 1 N–H and O–H groups in total. The zero-order valence-corrected chi connectivity index (χ0v) is 17.3. The molecule has 156 valence electrons. The summed E-state index contributed by atoms with van der Waals surface area (Å²) in [4.78, 5) is 24.9. The van der Waals surface area contributed by atoms with Gasteiger partial charge in [-0.1, -0.05) is 32.1 Å². The van der Waals surface area contributed by atoms with Gasteiger partial charge in [-0.3, -0.25) is 9.36 Å². The fourth-order valence-electron chi connectivity index (χ4n) is 3.90. The molecule has 2 aromatic heterocycles. The van der Waals surface area contributed by atoms with Crippen LogP contribution in [-0.2, 0) is 4.79 Å². The molecule has 0 spiro atoms. The first kappa shape index (κ1) is 20.1. The van der Waals surface area contributed by atoms with E-state index in [9.17, 15) is 4.79 Å². The zero-order valence-electron chi connectivity index (χ0n) is 17.3. The van der Waals surface area contributed by atoms with Gasteiger partial charge in [-0.15, -0.1) is 0 Å². The molecule has 2 heterocycles. The molecule has 7 heteroatoms. The van der Waals surface area contributed by atoms with Crippen molar-refractivity contribution in [2.45, 2.75) is 51.9 Å². The van der Waals surface area contributed by atoms with E-state index >= 15 is 0 Å². The lowest BCUT2D eigenvalue weighted by molar-refractivity contribution is -0.116. The van der Waals surface area contributed by atoms with Crippen molar-refractivity contribution < 1.29 is 9.53 Å². The minimum absolute atomic E-state index is 0.0744. The minimum Gasteiger partial charge on any atom is -0.439 e. The Morgan fingerprint density at radius 3 is 2.67 bits per heavy atom. The molecule has 0 bridgehead atoms. The van der Waals surface area contributed by atoms with Crippen LogP contribution in [0.15, 0.2) is 49.1 Å². The molecule has 3 aromatic rings. The SMILES string of the molecule is Cc1nccn1-c1cc(Oc2ccc(NC(=O)CCC3CCCCC3)cc2)ncn1. The molecular weight excluding hydrogens is 378 g/mol. The molecule has 4 rings (SSSR count). The third-order valence-electron chi connectivity index (χ3n) is 5.57. The largest absolute Gasteiger partial charge is 0.439 e. The number of aryl methyl sites for hydroxylation is 1. The molecule has 0 radical (unpaired) electrons. The molecule has 1 aliphatic rings. The molecule has 0 unspecified atom stereocenters. The first-order chi connectivity index (χ1) is 14.7. The lowest BCUT2D eigenvalue weighted by atomic mass is 9.86. The highest BCUT2D eigenvalue weighted by Crippen LogP contribution is 2.27. The van der Waals surface area contributed by atoms with Gasteiger partial charge >= 0.3 is 0 Å². The normalized spacial score (nSPS) is 14.4. The highest BCUT2D eigenvalue weighted by atomic mass is 16.5. The molecule has 7 nitrogen and oxygen atoms in total. The van der Waals surface area contributed by atoms with E-state index in [2.05, 4.69) is 20.3 Å². The van der Waals surface area contributed by atoms with Gasteiger partial charge in [0.25, 0.3) is 0 Å². The number of benzene rings is 1. The monoisotopic (exact) mass is 405 g/mol. The average Bonchev–Trinajstić information content (AvgIpc) is 3.20. The Labute approximate surface area is 176 Å². The Morgan fingerprint density at radius 1 is 1.13 bits per heavy atom. The van der Waals surface area contributed by atoms with Crippen LogP contribution in [0.4, 0.5) is 5.69 Å². The molecule has 30 heavy (non-hydrogen) atoms. The van der Waals surface area contributed by atoms with Gasteiger partial charge < -0.3 is 10.1 Å². The van der Waals surface area contributed by atoms with Crippen LogP contribution >= 0.6 is 0 Å². The summed E-state index contributed by atoms with van der Waals surface area (Å²) in [5.41, 5.74) is 0.772. The number of nitrogens with one attached hydrogen (secondary N) is 1. The average molecular weight is 406 g/mol. The molecule has 0 saturated heterocycles. The summed E-state index contributed by atoms with van der Waals surface area (Å²) < 4.78 is 7.71. The number of ether oxygens (including phenoxy) is 1. The fraction of sp³-hybridized carbons (Fsp3) is 0.391. The number of carbonyl (C=O) groups is 1. The number of imidazole rings is 1. The summed E-state index contributed by atoms with van der Waals surface area (Å²) in [6.07, 6.45) is 13.1. The van der Waals surface area contributed by atoms with Crippen LogP contribution in [0.5, 0.6) is 11.6 Å². The molecule has 0 atom stereocenters. The maximum atomic E-state index is 12.2. The van der Waals surface area contributed by atoms with Crippen molar-refractivity contribution >= 4 is 11.6 Å². The number of anilines is 1. The summed E-state index contributed by atoms with van der Waals surface area (Å²) in [5.74, 6) is 3.40. The smallest absolute Gasteiger partial charge is 0.224 e. The first-order valence-electron chi connectivity index (χ1n) is 10.6. The predicted octanol–water partition coefficient (Wildman–Crippen LogP) is 5.06. The Bertz CT molecular complexity index is 977. The van der Waals surface area contributed by atoms with Gasteiger partial charge in [0.15, 0.2) is 0 Å². The van der Waals surface area contributed by atoms with Crippen molar-refractivity contribution in [1.82, 2.24) is 19.5 Å². The van der Waals surface area contributed by atoms with Gasteiger partial charge in [-0.2, -0.15) is 0 Å². The van der Waals surface area contributed by atoms with Gasteiger partial charge in [0.05, 0.1) is 0 Å². The van der Waals surface area contributed by atoms with E-state index in [-0.39, 0.29) is 5.91 Å². The molecule has 1 aromatic carbocycles. The second-order valence-corrected chi connectivity index (χ2v) is 7.78. The van der Waals surface area contributed by atoms with Crippen molar-refractivity contribution in [2.75, 3.05) is 5.32 Å². The van der Waals surface area contributed by atoms with Gasteiger partial charge in [0, 0.05) is 30.6 Å². The lowest BCUT2D eigenvalue weighted by Gasteiger charge is -2.21. The number of rotatable bonds is 7. The second kappa shape index (κ2) is 9.52. The van der Waals surface area contributed by atoms with Crippen LogP contribution in [-0.4, -0.2) is 25.4 Å². The summed E-state index contributed by atoms with van der Waals surface area (Å²) in [6.45, 7) is 1.91. The van der Waals surface area contributed by atoms with E-state index in [1.165, 1.54) is 38.4 Å². The van der Waals surface area contributed by atoms with Gasteiger partial charge in [-0.25, -0.2) is 15.0 Å². The Hall–Kier alpha value is -3.22. The summed E-state index contributed by atoms with van der Waals surface area (Å²) in [7, 11) is 0. The van der Waals surface area contributed by atoms with Gasteiger partial charge in [-0.05, 0) is 43.5 Å². The number of hydrogen-bond donors (Lipinski definition) is 1. The van der Waals surface area contributed by atoms with E-state index in [1.807, 2.05) is 42.0 Å².